The summed E-state index contributed by atoms with van der Waals surface area (Å²) in [4.78, 5) is 30.8. The smallest absolute Gasteiger partial charge is 0.319 e. The molecule has 2 amide bonds. The summed E-state index contributed by atoms with van der Waals surface area (Å²) in [6, 6.07) is 7.22. The van der Waals surface area contributed by atoms with Crippen molar-refractivity contribution in [2.45, 2.75) is 31.0 Å². The van der Waals surface area contributed by atoms with Crippen molar-refractivity contribution in [3.63, 3.8) is 0 Å². The average molecular weight is 540 g/mol. The predicted octanol–water partition coefficient (Wildman–Crippen LogP) is 1.29. The van der Waals surface area contributed by atoms with Crippen LogP contribution in [-0.4, -0.2) is 90.6 Å². The molecule has 2 unspecified atom stereocenters. The third-order valence-electron chi connectivity index (χ3n) is 6.36. The first-order chi connectivity index (χ1) is 18.4. The zero-order valence-electron chi connectivity index (χ0n) is 20.6. The van der Waals surface area contributed by atoms with Crippen LogP contribution >= 0.6 is 11.3 Å². The second kappa shape index (κ2) is 11.4. The maximum atomic E-state index is 12.2. The number of fused-ring (bicyclic) bond motifs is 1. The van der Waals surface area contributed by atoms with Gasteiger partial charge in [-0.05, 0) is 32.1 Å². The molecule has 5 rings (SSSR count). The molecule has 0 bridgehead atoms. The fourth-order valence-corrected chi connectivity index (χ4v) is 4.93. The first kappa shape index (κ1) is 25.9. The minimum absolute atomic E-state index is 0.227. The molecule has 13 nitrogen and oxygen atoms in total. The highest BCUT2D eigenvalue weighted by Crippen LogP contribution is 2.32. The molecule has 0 radical (unpaired) electrons. The number of aliphatic hydroxyl groups is 2. The van der Waals surface area contributed by atoms with E-state index in [-0.39, 0.29) is 11.8 Å². The third-order valence-corrected chi connectivity index (χ3v) is 6.95. The molecular weight excluding hydrogens is 510 g/mol. The number of hydrogen-bond donors (Lipinski definition) is 5. The zero-order chi connectivity index (χ0) is 26.6. The van der Waals surface area contributed by atoms with Gasteiger partial charge in [-0.15, -0.1) is 11.3 Å². The molecule has 1 aliphatic heterocycles. The van der Waals surface area contributed by atoms with Crippen LogP contribution in [0.25, 0.3) is 22.4 Å². The number of carbonyl (C=O) groups excluding carboxylic acids is 1. The summed E-state index contributed by atoms with van der Waals surface area (Å²) in [6.45, 7) is 1.50. The van der Waals surface area contributed by atoms with Crippen molar-refractivity contribution in [2.75, 3.05) is 37.7 Å². The lowest BCUT2D eigenvalue weighted by Crippen LogP contribution is -2.39. The van der Waals surface area contributed by atoms with Gasteiger partial charge in [0.2, 0.25) is 0 Å². The van der Waals surface area contributed by atoms with Gasteiger partial charge in [-0.1, -0.05) is 12.1 Å². The topological polar surface area (TPSA) is 177 Å². The van der Waals surface area contributed by atoms with Crippen LogP contribution in [0.4, 0.5) is 16.3 Å². The number of likely N-dealkylation sites (N-methyl/N-ethyl adjacent to an activating group) is 1. The first-order valence-corrected chi connectivity index (χ1v) is 13.0. The van der Waals surface area contributed by atoms with Gasteiger partial charge in [0.1, 0.15) is 30.2 Å². The monoisotopic (exact) mass is 539 g/mol. The Morgan fingerprint density at radius 1 is 1.18 bits per heavy atom. The Morgan fingerprint density at radius 3 is 2.76 bits per heavy atom. The van der Waals surface area contributed by atoms with Gasteiger partial charge in [0, 0.05) is 29.7 Å². The maximum Gasteiger partial charge on any atom is 0.319 e. The number of ether oxygens (including phenoxy) is 1. The van der Waals surface area contributed by atoms with E-state index in [4.69, 9.17) is 10.5 Å². The molecule has 200 valence electrons. The largest absolute Gasteiger partial charge is 0.387 e. The van der Waals surface area contributed by atoms with Crippen LogP contribution in [0.15, 0.2) is 47.8 Å². The molecule has 0 saturated carbocycles. The van der Waals surface area contributed by atoms with E-state index in [0.29, 0.717) is 42.9 Å². The lowest BCUT2D eigenvalue weighted by Gasteiger charge is -2.22. The second-order valence-electron chi connectivity index (χ2n) is 9.08. The quantitative estimate of drug-likeness (QED) is 0.195. The van der Waals surface area contributed by atoms with Gasteiger partial charge in [-0.25, -0.2) is 24.7 Å². The Balaban J connectivity index is 1.05. The fourth-order valence-electron chi connectivity index (χ4n) is 4.37. The molecular formula is C24H29N9O4S. The highest BCUT2D eigenvalue weighted by atomic mass is 32.1. The lowest BCUT2D eigenvalue weighted by atomic mass is 10.1. The summed E-state index contributed by atoms with van der Waals surface area (Å²) in [5.41, 5.74) is 11.0. The highest BCUT2D eigenvalue weighted by Gasteiger charge is 2.44. The molecule has 6 N–H and O–H groups in total. The average Bonchev–Trinajstić information content (AvgIpc) is 3.65. The second-order valence-corrected chi connectivity index (χ2v) is 9.80. The van der Waals surface area contributed by atoms with Crippen LogP contribution in [0.3, 0.4) is 0 Å². The molecule has 1 saturated heterocycles. The molecule has 1 fully saturated rings. The van der Waals surface area contributed by atoms with Crippen molar-refractivity contribution in [3.05, 3.63) is 47.8 Å². The number of urea groups is 1. The standard InChI is InChI=1S/C24H29N9O4S/c1-32(8-2-7-26-24(36)31-15-5-3-14(4-6-15)16-10-38-13-30-16)9-17-19(34)20(35)23(37-17)33-12-29-18-21(25)27-11-28-22(18)33/h3-6,10-13,17,19-20,23,34-35H,2,7-9H2,1H3,(H2,25,27,28)(H2,26,31,36)/t17-,19?,20?,23-/m1/s1. The minimum atomic E-state index is -1.16. The first-order valence-electron chi connectivity index (χ1n) is 12.1. The Kier molecular flexibility index (Phi) is 7.76. The number of carbonyl (C=O) groups is 1. The highest BCUT2D eigenvalue weighted by molar-refractivity contribution is 7.07. The van der Waals surface area contributed by atoms with Gasteiger partial charge in [-0.2, -0.15) is 0 Å². The number of imidazole rings is 1. The van der Waals surface area contributed by atoms with Gasteiger partial charge in [0.05, 0.1) is 17.5 Å². The van der Waals surface area contributed by atoms with Crippen LogP contribution in [0, 0.1) is 0 Å². The number of thiazole rings is 1. The number of amides is 2. The summed E-state index contributed by atoms with van der Waals surface area (Å²) < 4.78 is 7.54. The van der Waals surface area contributed by atoms with Crippen molar-refractivity contribution < 1.29 is 19.7 Å². The number of nitrogens with zero attached hydrogens (tertiary/aromatic N) is 6. The van der Waals surface area contributed by atoms with Gasteiger partial charge >= 0.3 is 6.03 Å². The maximum absolute atomic E-state index is 12.2. The van der Waals surface area contributed by atoms with Crippen LogP contribution < -0.4 is 16.4 Å². The summed E-state index contributed by atoms with van der Waals surface area (Å²) >= 11 is 1.54. The Hall–Kier alpha value is -3.69. The van der Waals surface area contributed by atoms with E-state index in [1.54, 1.807) is 10.1 Å². The van der Waals surface area contributed by atoms with Crippen molar-refractivity contribution in [1.82, 2.24) is 34.7 Å². The fraction of sp³-hybridized carbons (Fsp3) is 0.375. The number of nitrogens with two attached hydrogens (primary N) is 1. The van der Waals surface area contributed by atoms with Crippen molar-refractivity contribution >= 4 is 40.0 Å². The van der Waals surface area contributed by atoms with E-state index >= 15 is 0 Å². The number of nitrogens with one attached hydrogen (secondary N) is 2. The minimum Gasteiger partial charge on any atom is -0.387 e. The van der Waals surface area contributed by atoms with E-state index in [2.05, 4.69) is 30.6 Å². The predicted molar refractivity (Wildman–Crippen MR) is 142 cm³/mol. The van der Waals surface area contributed by atoms with Gasteiger partial charge < -0.3 is 36.2 Å². The van der Waals surface area contributed by atoms with E-state index < -0.39 is 24.5 Å². The van der Waals surface area contributed by atoms with Crippen molar-refractivity contribution in [1.29, 1.82) is 0 Å². The number of aliphatic hydroxyl groups excluding tert-OH is 2. The molecule has 0 spiro atoms. The molecule has 0 aliphatic carbocycles. The number of benzene rings is 1. The number of anilines is 2. The molecule has 38 heavy (non-hydrogen) atoms. The summed E-state index contributed by atoms with van der Waals surface area (Å²) in [5.74, 6) is 0.227. The summed E-state index contributed by atoms with van der Waals surface area (Å²) in [5, 5.41) is 28.9. The van der Waals surface area contributed by atoms with Crippen LogP contribution in [-0.2, 0) is 4.74 Å². The Labute approximate surface area is 222 Å². The zero-order valence-corrected chi connectivity index (χ0v) is 21.5. The van der Waals surface area contributed by atoms with Crippen LogP contribution in [0.1, 0.15) is 12.6 Å². The van der Waals surface area contributed by atoms with Crippen LogP contribution in [0.5, 0.6) is 0 Å². The van der Waals surface area contributed by atoms with E-state index in [9.17, 15) is 15.0 Å². The number of nitrogen functional groups attached to an aromatic ring is 1. The molecule has 4 heterocycles. The van der Waals surface area contributed by atoms with Crippen LogP contribution in [0.2, 0.25) is 0 Å². The van der Waals surface area contributed by atoms with Gasteiger partial charge in [0.25, 0.3) is 0 Å². The van der Waals surface area contributed by atoms with E-state index in [1.807, 2.05) is 41.6 Å². The number of rotatable bonds is 9. The Morgan fingerprint density at radius 2 is 2.00 bits per heavy atom. The normalized spacial score (nSPS) is 21.3. The molecule has 4 aromatic rings. The molecule has 1 aromatic carbocycles. The summed E-state index contributed by atoms with van der Waals surface area (Å²) in [6.07, 6.45) is -0.276. The van der Waals surface area contributed by atoms with Gasteiger partial charge in [0.15, 0.2) is 17.7 Å². The third kappa shape index (κ3) is 5.58. The molecule has 3 aromatic heterocycles. The van der Waals surface area contributed by atoms with E-state index in [0.717, 1.165) is 11.3 Å². The number of hydrogen-bond acceptors (Lipinski definition) is 11. The number of aromatic nitrogens is 5. The Bertz CT molecular complexity index is 1370. The summed E-state index contributed by atoms with van der Waals surface area (Å²) in [7, 11) is 1.89. The van der Waals surface area contributed by atoms with Crippen molar-refractivity contribution in [2.24, 2.45) is 0 Å². The lowest BCUT2D eigenvalue weighted by molar-refractivity contribution is -0.0421. The SMILES string of the molecule is CN(CCCNC(=O)Nc1ccc(-c2cscn2)cc1)C[C@H]1O[C@@H](n2cnc3c(N)ncnc32)C(O)C1O. The molecule has 1 aliphatic rings. The van der Waals surface area contributed by atoms with Gasteiger partial charge in [-0.3, -0.25) is 4.57 Å². The van der Waals surface area contributed by atoms with Crippen molar-refractivity contribution in [3.8, 4) is 11.3 Å². The molecule has 4 atom stereocenters. The van der Waals surface area contributed by atoms with E-state index in [1.165, 1.54) is 24.0 Å². The molecule has 14 heteroatoms.